The van der Waals surface area contributed by atoms with Gasteiger partial charge in [-0.05, 0) is 56.4 Å². The van der Waals surface area contributed by atoms with Crippen molar-refractivity contribution in [3.8, 4) is 0 Å². The summed E-state index contributed by atoms with van der Waals surface area (Å²) in [6, 6.07) is 0. The molecule has 0 radical (unpaired) electrons. The van der Waals surface area contributed by atoms with E-state index in [1.165, 1.54) is 24.8 Å². The Balaban J connectivity index is 2.32. The van der Waals surface area contributed by atoms with E-state index in [4.69, 9.17) is 0 Å². The summed E-state index contributed by atoms with van der Waals surface area (Å²) in [5.41, 5.74) is 3.14. The van der Waals surface area contributed by atoms with Crippen LogP contribution in [0.15, 0.2) is 23.3 Å². The first-order valence-corrected chi connectivity index (χ1v) is 6.13. The topological polar surface area (TPSA) is 20.2 Å². The maximum Gasteiger partial charge on any atom is 0.0727 e. The SMILES string of the molecule is C/C=C1\CCC[C@]2(C)C([C@H](C)O)=CC[C@@H]12. The van der Waals surface area contributed by atoms with Crippen molar-refractivity contribution in [1.82, 2.24) is 0 Å². The maximum atomic E-state index is 9.83. The van der Waals surface area contributed by atoms with Gasteiger partial charge in [0.2, 0.25) is 0 Å². The van der Waals surface area contributed by atoms with Crippen molar-refractivity contribution in [2.45, 2.75) is 52.6 Å². The molecule has 0 heterocycles. The Kier molecular flexibility index (Phi) is 2.76. The van der Waals surface area contributed by atoms with Crippen LogP contribution in [0.5, 0.6) is 0 Å². The first kappa shape index (κ1) is 10.9. The minimum atomic E-state index is -0.267. The van der Waals surface area contributed by atoms with Gasteiger partial charge in [0.15, 0.2) is 0 Å². The lowest BCUT2D eigenvalue weighted by atomic mass is 9.63. The van der Waals surface area contributed by atoms with Gasteiger partial charge in [-0.15, -0.1) is 0 Å². The van der Waals surface area contributed by atoms with E-state index in [1.54, 1.807) is 5.57 Å². The summed E-state index contributed by atoms with van der Waals surface area (Å²) >= 11 is 0. The third-order valence-electron chi connectivity index (χ3n) is 4.43. The van der Waals surface area contributed by atoms with E-state index < -0.39 is 0 Å². The zero-order valence-electron chi connectivity index (χ0n) is 10.1. The molecular weight excluding hydrogens is 184 g/mol. The Morgan fingerprint density at radius 3 is 2.93 bits per heavy atom. The molecular formula is C14H22O. The van der Waals surface area contributed by atoms with Crippen molar-refractivity contribution in [3.05, 3.63) is 23.3 Å². The molecule has 2 aliphatic rings. The summed E-state index contributed by atoms with van der Waals surface area (Å²) < 4.78 is 0. The Labute approximate surface area is 92.9 Å². The molecule has 0 aliphatic heterocycles. The third-order valence-corrected chi connectivity index (χ3v) is 4.43. The lowest BCUT2D eigenvalue weighted by Gasteiger charge is -2.41. The molecule has 0 aromatic carbocycles. The van der Waals surface area contributed by atoms with Crippen molar-refractivity contribution in [1.29, 1.82) is 0 Å². The second kappa shape index (κ2) is 3.79. The minimum Gasteiger partial charge on any atom is -0.389 e. The zero-order valence-corrected chi connectivity index (χ0v) is 10.1. The molecule has 0 unspecified atom stereocenters. The van der Waals surface area contributed by atoms with Crippen LogP contribution in [0.4, 0.5) is 0 Å². The summed E-state index contributed by atoms with van der Waals surface area (Å²) in [5, 5.41) is 9.83. The maximum absolute atomic E-state index is 9.83. The van der Waals surface area contributed by atoms with Crippen molar-refractivity contribution < 1.29 is 5.11 Å². The summed E-state index contributed by atoms with van der Waals surface area (Å²) in [5.74, 6) is 0.667. The first-order chi connectivity index (χ1) is 7.09. The van der Waals surface area contributed by atoms with Crippen molar-refractivity contribution in [2.24, 2.45) is 11.3 Å². The van der Waals surface area contributed by atoms with Crippen LogP contribution in [0, 0.1) is 11.3 Å². The number of aliphatic hydroxyl groups excluding tert-OH is 1. The van der Waals surface area contributed by atoms with Crippen LogP contribution in [0.1, 0.15) is 46.5 Å². The largest absolute Gasteiger partial charge is 0.389 e. The molecule has 1 nitrogen and oxygen atoms in total. The second-order valence-corrected chi connectivity index (χ2v) is 5.26. The number of hydrogen-bond acceptors (Lipinski definition) is 1. The van der Waals surface area contributed by atoms with E-state index in [0.717, 1.165) is 6.42 Å². The highest BCUT2D eigenvalue weighted by Gasteiger charge is 2.45. The van der Waals surface area contributed by atoms with Crippen molar-refractivity contribution in [3.63, 3.8) is 0 Å². The fourth-order valence-electron chi connectivity index (χ4n) is 3.65. The third kappa shape index (κ3) is 1.57. The minimum absolute atomic E-state index is 0.244. The predicted octanol–water partition coefficient (Wildman–Crippen LogP) is 3.45. The van der Waals surface area contributed by atoms with Gasteiger partial charge in [0.25, 0.3) is 0 Å². The molecule has 1 fully saturated rings. The molecule has 0 amide bonds. The second-order valence-electron chi connectivity index (χ2n) is 5.26. The highest BCUT2D eigenvalue weighted by Crippen LogP contribution is 2.55. The van der Waals surface area contributed by atoms with Gasteiger partial charge >= 0.3 is 0 Å². The van der Waals surface area contributed by atoms with Crippen LogP contribution in [0.3, 0.4) is 0 Å². The Morgan fingerprint density at radius 2 is 2.33 bits per heavy atom. The molecule has 2 rings (SSSR count). The normalized spacial score (nSPS) is 40.1. The average Bonchev–Trinajstić information content (AvgIpc) is 2.54. The highest BCUT2D eigenvalue weighted by molar-refractivity contribution is 5.32. The van der Waals surface area contributed by atoms with Gasteiger partial charge in [-0.1, -0.05) is 24.6 Å². The standard InChI is InChI=1S/C14H22O/c1-4-11-6-5-9-14(3)12(10(2)15)7-8-13(11)14/h4,7,10,13,15H,5-6,8-9H2,1-3H3/b11-4+/t10-,13-,14+/m0/s1. The average molecular weight is 206 g/mol. The fourth-order valence-corrected chi connectivity index (χ4v) is 3.65. The van der Waals surface area contributed by atoms with E-state index in [1.807, 2.05) is 6.92 Å². The number of allylic oxidation sites excluding steroid dienone is 3. The highest BCUT2D eigenvalue weighted by atomic mass is 16.3. The lowest BCUT2D eigenvalue weighted by molar-refractivity contribution is 0.158. The van der Waals surface area contributed by atoms with Gasteiger partial charge < -0.3 is 5.11 Å². The number of aliphatic hydroxyl groups is 1. The molecule has 0 saturated heterocycles. The summed E-state index contributed by atoms with van der Waals surface area (Å²) in [6.45, 7) is 6.40. The molecule has 1 heteroatoms. The fraction of sp³-hybridized carbons (Fsp3) is 0.714. The van der Waals surface area contributed by atoms with Gasteiger partial charge in [0, 0.05) is 0 Å². The van der Waals surface area contributed by atoms with E-state index in [-0.39, 0.29) is 11.5 Å². The first-order valence-electron chi connectivity index (χ1n) is 6.13. The van der Waals surface area contributed by atoms with Gasteiger partial charge in [0.05, 0.1) is 6.10 Å². The Hall–Kier alpha value is -0.560. The van der Waals surface area contributed by atoms with Gasteiger partial charge in [-0.3, -0.25) is 0 Å². The number of fused-ring (bicyclic) bond motifs is 1. The van der Waals surface area contributed by atoms with Crippen LogP contribution >= 0.6 is 0 Å². The van der Waals surface area contributed by atoms with E-state index in [2.05, 4.69) is 26.0 Å². The van der Waals surface area contributed by atoms with E-state index >= 15 is 0 Å². The Morgan fingerprint density at radius 1 is 1.60 bits per heavy atom. The Bertz CT molecular complexity index is 311. The molecule has 0 aromatic heterocycles. The molecule has 1 saturated carbocycles. The molecule has 1 N–H and O–H groups in total. The van der Waals surface area contributed by atoms with Crippen molar-refractivity contribution in [2.75, 3.05) is 0 Å². The zero-order chi connectivity index (χ0) is 11.1. The molecule has 0 bridgehead atoms. The van der Waals surface area contributed by atoms with Gasteiger partial charge in [-0.25, -0.2) is 0 Å². The van der Waals surface area contributed by atoms with Crippen LogP contribution in [-0.4, -0.2) is 11.2 Å². The smallest absolute Gasteiger partial charge is 0.0727 e. The monoisotopic (exact) mass is 206 g/mol. The molecule has 3 atom stereocenters. The molecule has 2 aliphatic carbocycles. The predicted molar refractivity (Wildman–Crippen MR) is 63.6 cm³/mol. The summed E-state index contributed by atoms with van der Waals surface area (Å²) in [6.07, 6.45) is 9.22. The van der Waals surface area contributed by atoms with Crippen molar-refractivity contribution >= 4 is 0 Å². The lowest BCUT2D eigenvalue weighted by Crippen LogP contribution is -2.33. The van der Waals surface area contributed by atoms with E-state index in [0.29, 0.717) is 5.92 Å². The summed E-state index contributed by atoms with van der Waals surface area (Å²) in [7, 11) is 0. The van der Waals surface area contributed by atoms with Crippen LogP contribution in [0.25, 0.3) is 0 Å². The number of hydrogen-bond donors (Lipinski definition) is 1. The van der Waals surface area contributed by atoms with Crippen LogP contribution in [-0.2, 0) is 0 Å². The molecule has 15 heavy (non-hydrogen) atoms. The van der Waals surface area contributed by atoms with E-state index in [9.17, 15) is 5.11 Å². The number of rotatable bonds is 1. The summed E-state index contributed by atoms with van der Waals surface area (Å²) in [4.78, 5) is 0. The van der Waals surface area contributed by atoms with Crippen LogP contribution in [0.2, 0.25) is 0 Å². The van der Waals surface area contributed by atoms with Gasteiger partial charge in [-0.2, -0.15) is 0 Å². The van der Waals surface area contributed by atoms with Gasteiger partial charge in [0.1, 0.15) is 0 Å². The molecule has 0 spiro atoms. The van der Waals surface area contributed by atoms with Crippen LogP contribution < -0.4 is 0 Å². The quantitative estimate of drug-likeness (QED) is 0.651. The molecule has 0 aromatic rings. The molecule has 84 valence electrons.